The lowest BCUT2D eigenvalue weighted by atomic mass is 10.1. The van der Waals surface area contributed by atoms with Crippen LogP contribution in [0.25, 0.3) is 22.6 Å². The molecule has 0 fully saturated rings. The Labute approximate surface area is 221 Å². The van der Waals surface area contributed by atoms with Crippen LogP contribution < -0.4 is 11.2 Å². The molecular formula is C25H31N5O9. The Kier molecular flexibility index (Phi) is 9.45. The van der Waals surface area contributed by atoms with Crippen molar-refractivity contribution in [3.8, 4) is 17.3 Å². The van der Waals surface area contributed by atoms with Crippen LogP contribution in [0.1, 0.15) is 27.9 Å². The van der Waals surface area contributed by atoms with Gasteiger partial charge in [0, 0.05) is 17.3 Å². The Bertz CT molecular complexity index is 1550. The topological polar surface area (TPSA) is 235 Å². The summed E-state index contributed by atoms with van der Waals surface area (Å²) in [5.74, 6) is -0.0895. The van der Waals surface area contributed by atoms with E-state index in [0.29, 0.717) is 27.9 Å². The summed E-state index contributed by atoms with van der Waals surface area (Å²) >= 11 is 0. The summed E-state index contributed by atoms with van der Waals surface area (Å²) in [6, 6.07) is 3.53. The summed E-state index contributed by atoms with van der Waals surface area (Å²) in [4.78, 5) is 37.8. The Balaban J connectivity index is 0.000000293. The molecule has 0 saturated heterocycles. The van der Waals surface area contributed by atoms with E-state index in [1.807, 2.05) is 13.8 Å². The number of pyridine rings is 1. The zero-order valence-corrected chi connectivity index (χ0v) is 21.5. The Hall–Kier alpha value is -3.79. The second kappa shape index (κ2) is 12.4. The largest absolute Gasteiger partial charge is 0.506 e. The molecule has 3 atom stereocenters. The molecule has 0 spiro atoms. The van der Waals surface area contributed by atoms with Gasteiger partial charge in [0.25, 0.3) is 5.56 Å². The number of aromatic amines is 1. The van der Waals surface area contributed by atoms with Gasteiger partial charge in [-0.25, -0.2) is 9.78 Å². The maximum atomic E-state index is 12.2. The van der Waals surface area contributed by atoms with E-state index in [0.717, 1.165) is 11.1 Å². The number of rotatable bonds is 7. The van der Waals surface area contributed by atoms with Gasteiger partial charge in [-0.15, -0.1) is 0 Å². The van der Waals surface area contributed by atoms with Crippen molar-refractivity contribution in [2.75, 3.05) is 6.61 Å². The van der Waals surface area contributed by atoms with E-state index in [1.165, 1.54) is 10.8 Å². The molecular weight excluding hydrogens is 514 g/mol. The van der Waals surface area contributed by atoms with Gasteiger partial charge in [-0.05, 0) is 44.0 Å². The predicted molar refractivity (Wildman–Crippen MR) is 138 cm³/mol. The zero-order valence-electron chi connectivity index (χ0n) is 21.5. The van der Waals surface area contributed by atoms with E-state index in [9.17, 15) is 30.0 Å². The van der Waals surface area contributed by atoms with Crippen molar-refractivity contribution in [3.05, 3.63) is 67.1 Å². The van der Waals surface area contributed by atoms with Crippen molar-refractivity contribution in [1.29, 1.82) is 0 Å². The van der Waals surface area contributed by atoms with Gasteiger partial charge in [0.2, 0.25) is 0 Å². The van der Waals surface area contributed by atoms with Crippen molar-refractivity contribution in [2.45, 2.75) is 58.8 Å². The highest BCUT2D eigenvalue weighted by molar-refractivity contribution is 5.81. The molecule has 0 saturated carbocycles. The number of aliphatic hydroxyl groups excluding tert-OH is 6. The number of aromatic nitrogens is 5. The number of H-pyrrole nitrogens is 1. The average molecular weight is 546 g/mol. The lowest BCUT2D eigenvalue weighted by molar-refractivity contribution is -0.0802. The first-order valence-corrected chi connectivity index (χ1v) is 11.9. The first kappa shape index (κ1) is 29.8. The monoisotopic (exact) mass is 545 g/mol. The van der Waals surface area contributed by atoms with Crippen LogP contribution in [0.2, 0.25) is 0 Å². The van der Waals surface area contributed by atoms with E-state index in [4.69, 9.17) is 15.3 Å². The van der Waals surface area contributed by atoms with Gasteiger partial charge in [0.15, 0.2) is 11.5 Å². The van der Waals surface area contributed by atoms with Gasteiger partial charge in [-0.3, -0.25) is 14.8 Å². The number of benzene rings is 1. The molecule has 0 bridgehead atoms. The quantitative estimate of drug-likeness (QED) is 0.122. The van der Waals surface area contributed by atoms with E-state index in [2.05, 4.69) is 19.9 Å². The van der Waals surface area contributed by atoms with Crippen LogP contribution in [0, 0.1) is 20.8 Å². The maximum absolute atomic E-state index is 12.2. The molecule has 0 aliphatic carbocycles. The molecule has 14 heteroatoms. The van der Waals surface area contributed by atoms with Gasteiger partial charge < -0.3 is 40.3 Å². The molecule has 210 valence electrons. The molecule has 0 radical (unpaired) electrons. The summed E-state index contributed by atoms with van der Waals surface area (Å²) in [5, 5.41) is 65.8. The van der Waals surface area contributed by atoms with Crippen molar-refractivity contribution in [2.24, 2.45) is 0 Å². The molecule has 14 nitrogen and oxygen atoms in total. The van der Waals surface area contributed by atoms with Gasteiger partial charge in [-0.1, -0.05) is 0 Å². The maximum Gasteiger partial charge on any atom is 0.349 e. The van der Waals surface area contributed by atoms with Crippen LogP contribution >= 0.6 is 0 Å². The standard InChI is InChI=1S/C17H20N4O6.C8H11NO3/c1-7-3-9-10(4-8(7)2)21(5-11(23)14(25)12(24)6-22)15-13(18-9)16(26)20-17(27)19-15;1-5-8(12)7(4-11)6(3-10)2-9-5/h3-4,11-12,14,22-25H,5-6H2,1-2H3,(H,20,26,27);2,10-12H,3-4H2,1H3/t11-,12+,14-;/m0./s1. The van der Waals surface area contributed by atoms with E-state index < -0.39 is 36.2 Å². The van der Waals surface area contributed by atoms with Gasteiger partial charge in [-0.2, -0.15) is 4.98 Å². The fourth-order valence-electron chi connectivity index (χ4n) is 3.89. The minimum atomic E-state index is -1.64. The molecule has 1 aromatic heterocycles. The Morgan fingerprint density at radius 1 is 0.949 bits per heavy atom. The fraction of sp³-hybridized carbons (Fsp3) is 0.400. The number of nitrogens with one attached hydrogen (secondary N) is 1. The zero-order chi connectivity index (χ0) is 29.0. The Morgan fingerprint density at radius 3 is 2.23 bits per heavy atom. The van der Waals surface area contributed by atoms with Crippen molar-refractivity contribution >= 4 is 11.0 Å². The van der Waals surface area contributed by atoms with Crippen molar-refractivity contribution < 1.29 is 35.7 Å². The number of hydrogen-bond donors (Lipinski definition) is 8. The predicted octanol–water partition coefficient (Wildman–Crippen LogP) is -1.64. The Morgan fingerprint density at radius 2 is 1.62 bits per heavy atom. The van der Waals surface area contributed by atoms with Crippen LogP contribution in [-0.2, 0) is 19.8 Å². The second-order valence-corrected chi connectivity index (χ2v) is 9.01. The van der Waals surface area contributed by atoms with Gasteiger partial charge >= 0.3 is 5.69 Å². The highest BCUT2D eigenvalue weighted by Crippen LogP contribution is 2.25. The SMILES string of the molecule is Cc1cc2nc3c(=O)[nH]c(=O)nc-3n(C[C@H](O)[C@H](O)[C@H](O)CO)c2cc1C.Cc1ncc(CO)c(CO)c1O. The van der Waals surface area contributed by atoms with Crippen LogP contribution in [0.15, 0.2) is 27.9 Å². The number of aryl methyl sites for hydroxylation is 3. The third-order valence-electron chi connectivity index (χ3n) is 6.33. The number of aliphatic hydroxyl groups is 6. The first-order chi connectivity index (χ1) is 18.4. The van der Waals surface area contributed by atoms with Crippen molar-refractivity contribution in [3.63, 3.8) is 0 Å². The van der Waals surface area contributed by atoms with E-state index in [1.54, 1.807) is 19.1 Å². The summed E-state index contributed by atoms with van der Waals surface area (Å²) in [7, 11) is 0. The van der Waals surface area contributed by atoms with E-state index in [-0.39, 0.29) is 37.0 Å². The van der Waals surface area contributed by atoms with Crippen LogP contribution in [0.4, 0.5) is 0 Å². The third-order valence-corrected chi connectivity index (χ3v) is 6.33. The number of nitrogens with zero attached hydrogens (tertiary/aromatic N) is 4. The summed E-state index contributed by atoms with van der Waals surface area (Å²) < 4.78 is 1.40. The molecule has 39 heavy (non-hydrogen) atoms. The molecule has 2 aliphatic rings. The highest BCUT2D eigenvalue weighted by Gasteiger charge is 2.27. The average Bonchev–Trinajstić information content (AvgIpc) is 2.91. The highest BCUT2D eigenvalue weighted by atomic mass is 16.4. The lowest BCUT2D eigenvalue weighted by Gasteiger charge is -2.25. The third kappa shape index (κ3) is 6.27. The number of hydrogen-bond acceptors (Lipinski definition) is 12. The molecule has 8 N–H and O–H groups in total. The molecule has 1 aromatic carbocycles. The normalized spacial score (nSPS) is 13.7. The molecule has 0 unspecified atom stereocenters. The van der Waals surface area contributed by atoms with Gasteiger partial charge in [0.05, 0.1) is 43.1 Å². The second-order valence-electron chi connectivity index (χ2n) is 9.01. The van der Waals surface area contributed by atoms with Gasteiger partial charge in [0.1, 0.15) is 24.1 Å². The number of fused-ring (bicyclic) bond motifs is 2. The molecule has 4 rings (SSSR count). The molecule has 2 aromatic rings. The number of aromatic hydroxyl groups is 1. The van der Waals surface area contributed by atoms with E-state index >= 15 is 0 Å². The smallest absolute Gasteiger partial charge is 0.349 e. The minimum absolute atomic E-state index is 0.0379. The molecule has 0 amide bonds. The molecule has 2 aliphatic heterocycles. The molecule has 3 heterocycles. The lowest BCUT2D eigenvalue weighted by Crippen LogP contribution is -2.42. The van der Waals surface area contributed by atoms with Crippen LogP contribution in [-0.4, -0.2) is 85.2 Å². The minimum Gasteiger partial charge on any atom is -0.506 e. The first-order valence-electron chi connectivity index (χ1n) is 11.9. The van der Waals surface area contributed by atoms with Crippen LogP contribution in [0.5, 0.6) is 5.75 Å². The van der Waals surface area contributed by atoms with Crippen molar-refractivity contribution in [1.82, 2.24) is 24.5 Å². The fourth-order valence-corrected chi connectivity index (χ4v) is 3.89. The summed E-state index contributed by atoms with van der Waals surface area (Å²) in [6.07, 6.45) is -3.24. The summed E-state index contributed by atoms with van der Waals surface area (Å²) in [5.41, 5.74) is 2.38. The summed E-state index contributed by atoms with van der Waals surface area (Å²) in [6.45, 7) is 3.85. The van der Waals surface area contributed by atoms with Crippen LogP contribution in [0.3, 0.4) is 0 Å².